The molecule has 0 saturated carbocycles. The first-order chi connectivity index (χ1) is 8.77. The summed E-state index contributed by atoms with van der Waals surface area (Å²) in [6.07, 6.45) is 2.94. The van der Waals surface area contributed by atoms with Gasteiger partial charge in [0.25, 0.3) is 0 Å². The number of hydrogen-bond donors (Lipinski definition) is 1. The lowest BCUT2D eigenvalue weighted by molar-refractivity contribution is 0.0465. The van der Waals surface area contributed by atoms with Gasteiger partial charge in [0.2, 0.25) is 0 Å². The van der Waals surface area contributed by atoms with Crippen LogP contribution in [0.25, 0.3) is 0 Å². The molecule has 1 fully saturated rings. The first-order valence-corrected chi connectivity index (χ1v) is 7.89. The molecule has 0 amide bonds. The minimum Gasteiger partial charge on any atom is -0.374 e. The fourth-order valence-electron chi connectivity index (χ4n) is 2.27. The summed E-state index contributed by atoms with van der Waals surface area (Å²) in [4.78, 5) is 0. The number of nitrogens with one attached hydrogen (secondary N) is 1. The molecule has 0 spiro atoms. The van der Waals surface area contributed by atoms with Crippen LogP contribution in [0.5, 0.6) is 0 Å². The second kappa shape index (κ2) is 6.80. The van der Waals surface area contributed by atoms with Gasteiger partial charge in [-0.25, -0.2) is 0 Å². The van der Waals surface area contributed by atoms with E-state index >= 15 is 0 Å². The Labute approximate surface area is 117 Å². The van der Waals surface area contributed by atoms with Crippen LogP contribution in [-0.2, 0) is 11.3 Å². The fourth-order valence-corrected chi connectivity index (χ4v) is 3.43. The second-order valence-electron chi connectivity index (χ2n) is 4.35. The molecule has 0 bridgehead atoms. The normalized spacial score (nSPS) is 22.1. The third-order valence-electron chi connectivity index (χ3n) is 3.09. The van der Waals surface area contributed by atoms with Crippen molar-refractivity contribution in [2.24, 2.45) is 0 Å². The summed E-state index contributed by atoms with van der Waals surface area (Å²) in [6, 6.07) is 0.111. The zero-order valence-electron chi connectivity index (χ0n) is 10.9. The molecule has 1 aromatic rings. The highest BCUT2D eigenvalue weighted by Crippen LogP contribution is 2.30. The molecule has 1 aromatic heterocycles. The number of thioether (sulfide) groups is 1. The zero-order valence-corrected chi connectivity index (χ0v) is 12.4. The summed E-state index contributed by atoms with van der Waals surface area (Å²) in [5.41, 5.74) is 1.05. The van der Waals surface area contributed by atoms with E-state index in [0.29, 0.717) is 0 Å². The molecule has 0 radical (unpaired) electrons. The number of ether oxygens (including phenoxy) is 1. The van der Waals surface area contributed by atoms with Gasteiger partial charge in [0.15, 0.2) is 0 Å². The Balaban J connectivity index is 2.22. The van der Waals surface area contributed by atoms with Crippen molar-refractivity contribution in [3.63, 3.8) is 0 Å². The quantitative estimate of drug-likeness (QED) is 0.903. The summed E-state index contributed by atoms with van der Waals surface area (Å²) in [6.45, 7) is 3.84. The van der Waals surface area contributed by atoms with Crippen molar-refractivity contribution in [1.29, 1.82) is 0 Å². The molecule has 0 aromatic carbocycles. The van der Waals surface area contributed by atoms with E-state index < -0.39 is 0 Å². The van der Waals surface area contributed by atoms with E-state index in [1.165, 1.54) is 0 Å². The van der Waals surface area contributed by atoms with Gasteiger partial charge in [-0.3, -0.25) is 4.68 Å². The van der Waals surface area contributed by atoms with Crippen LogP contribution in [0.3, 0.4) is 0 Å². The Morgan fingerprint density at radius 3 is 3.17 bits per heavy atom. The van der Waals surface area contributed by atoms with E-state index in [-0.39, 0.29) is 12.1 Å². The smallest absolute Gasteiger partial charge is 0.0876 e. The topological polar surface area (TPSA) is 39.1 Å². The Kier molecular flexibility index (Phi) is 5.36. The van der Waals surface area contributed by atoms with Crippen molar-refractivity contribution >= 4 is 23.4 Å². The summed E-state index contributed by atoms with van der Waals surface area (Å²) >= 11 is 8.22. The predicted molar refractivity (Wildman–Crippen MR) is 76.4 cm³/mol. The van der Waals surface area contributed by atoms with Crippen LogP contribution >= 0.6 is 23.4 Å². The summed E-state index contributed by atoms with van der Waals surface area (Å²) in [5, 5.41) is 8.41. The summed E-state index contributed by atoms with van der Waals surface area (Å²) < 4.78 is 7.85. The average Bonchev–Trinajstić information content (AvgIpc) is 2.75. The molecular weight excluding hydrogens is 270 g/mol. The van der Waals surface area contributed by atoms with Gasteiger partial charge in [-0.2, -0.15) is 16.9 Å². The monoisotopic (exact) mass is 289 g/mol. The standard InChI is InChI=1S/C12H20ClN3OS/c1-3-4-16-12(9(13)7-15-16)11(14-2)10-8-18-6-5-17-10/h7,10-11,14H,3-6,8H2,1-2H3. The van der Waals surface area contributed by atoms with Gasteiger partial charge in [0.1, 0.15) is 0 Å². The van der Waals surface area contributed by atoms with Crippen LogP contribution in [0.2, 0.25) is 5.02 Å². The molecule has 2 atom stereocenters. The molecule has 1 aliphatic heterocycles. The summed E-state index contributed by atoms with van der Waals surface area (Å²) in [5.74, 6) is 2.08. The number of hydrogen-bond acceptors (Lipinski definition) is 4. The molecule has 0 aliphatic carbocycles. The van der Waals surface area contributed by atoms with Gasteiger partial charge in [-0.05, 0) is 13.5 Å². The first kappa shape index (κ1) is 14.2. The van der Waals surface area contributed by atoms with Crippen molar-refractivity contribution in [2.45, 2.75) is 32.0 Å². The van der Waals surface area contributed by atoms with Crippen molar-refractivity contribution in [1.82, 2.24) is 15.1 Å². The Morgan fingerprint density at radius 1 is 1.72 bits per heavy atom. The van der Waals surface area contributed by atoms with Crippen molar-refractivity contribution in [3.8, 4) is 0 Å². The number of aromatic nitrogens is 2. The molecule has 1 aliphatic rings. The number of halogens is 1. The molecule has 6 heteroatoms. The van der Waals surface area contributed by atoms with Crippen LogP contribution in [-0.4, -0.2) is 41.0 Å². The van der Waals surface area contributed by atoms with Crippen molar-refractivity contribution < 1.29 is 4.74 Å². The third kappa shape index (κ3) is 3.02. The van der Waals surface area contributed by atoms with E-state index in [1.54, 1.807) is 6.20 Å². The van der Waals surface area contributed by atoms with Crippen LogP contribution < -0.4 is 5.32 Å². The van der Waals surface area contributed by atoms with Gasteiger partial charge in [-0.15, -0.1) is 0 Å². The molecule has 4 nitrogen and oxygen atoms in total. The first-order valence-electron chi connectivity index (χ1n) is 6.35. The van der Waals surface area contributed by atoms with E-state index in [1.807, 2.05) is 23.5 Å². The van der Waals surface area contributed by atoms with Gasteiger partial charge in [-0.1, -0.05) is 18.5 Å². The number of nitrogens with zero attached hydrogens (tertiary/aromatic N) is 2. The molecule has 1 N–H and O–H groups in total. The minimum absolute atomic E-state index is 0.111. The number of aryl methyl sites for hydroxylation is 1. The highest BCUT2D eigenvalue weighted by molar-refractivity contribution is 7.99. The van der Waals surface area contributed by atoms with E-state index in [9.17, 15) is 0 Å². The lowest BCUT2D eigenvalue weighted by Crippen LogP contribution is -2.38. The van der Waals surface area contributed by atoms with Gasteiger partial charge in [0.05, 0.1) is 35.7 Å². The van der Waals surface area contributed by atoms with Crippen molar-refractivity contribution in [3.05, 3.63) is 16.9 Å². The molecule has 2 unspecified atom stereocenters. The molecule has 2 heterocycles. The minimum atomic E-state index is 0.111. The van der Waals surface area contributed by atoms with E-state index in [0.717, 1.165) is 41.8 Å². The Bertz CT molecular complexity index is 379. The lowest BCUT2D eigenvalue weighted by Gasteiger charge is -2.30. The highest BCUT2D eigenvalue weighted by Gasteiger charge is 2.29. The average molecular weight is 290 g/mol. The van der Waals surface area contributed by atoms with Crippen molar-refractivity contribution in [2.75, 3.05) is 25.2 Å². The van der Waals surface area contributed by atoms with Crippen LogP contribution in [0.4, 0.5) is 0 Å². The van der Waals surface area contributed by atoms with E-state index in [2.05, 4.69) is 17.3 Å². The SMILES string of the molecule is CCCn1ncc(Cl)c1C(NC)C1CSCCO1. The molecule has 2 rings (SSSR count). The third-order valence-corrected chi connectivity index (χ3v) is 4.40. The fraction of sp³-hybridized carbons (Fsp3) is 0.750. The zero-order chi connectivity index (χ0) is 13.0. The van der Waals surface area contributed by atoms with Gasteiger partial charge < -0.3 is 10.1 Å². The molecule has 1 saturated heterocycles. The Morgan fingerprint density at radius 2 is 2.56 bits per heavy atom. The van der Waals surface area contributed by atoms with Crippen LogP contribution in [0.15, 0.2) is 6.20 Å². The maximum atomic E-state index is 6.29. The summed E-state index contributed by atoms with van der Waals surface area (Å²) in [7, 11) is 1.95. The molecule has 102 valence electrons. The van der Waals surface area contributed by atoms with Crippen LogP contribution in [0, 0.1) is 0 Å². The van der Waals surface area contributed by atoms with Gasteiger partial charge in [0, 0.05) is 18.1 Å². The number of rotatable bonds is 5. The molecule has 18 heavy (non-hydrogen) atoms. The van der Waals surface area contributed by atoms with E-state index in [4.69, 9.17) is 16.3 Å². The maximum absolute atomic E-state index is 6.29. The molecular formula is C12H20ClN3OS. The Hall–Kier alpha value is -0.230. The maximum Gasteiger partial charge on any atom is 0.0876 e. The number of likely N-dealkylation sites (N-methyl/N-ethyl adjacent to an activating group) is 1. The van der Waals surface area contributed by atoms with Gasteiger partial charge >= 0.3 is 0 Å². The second-order valence-corrected chi connectivity index (χ2v) is 5.91. The largest absolute Gasteiger partial charge is 0.374 e. The lowest BCUT2D eigenvalue weighted by atomic mass is 10.1. The highest BCUT2D eigenvalue weighted by atomic mass is 35.5. The predicted octanol–water partition coefficient (Wildman–Crippen LogP) is 2.34. The van der Waals surface area contributed by atoms with Crippen LogP contribution in [0.1, 0.15) is 25.1 Å².